The molecule has 1 aromatic heterocycles. The van der Waals surface area contributed by atoms with Crippen molar-refractivity contribution in [1.82, 2.24) is 4.98 Å². The minimum absolute atomic E-state index is 0.0733. The fourth-order valence-corrected chi connectivity index (χ4v) is 6.24. The number of hydrogen-bond acceptors (Lipinski definition) is 8. The Morgan fingerprint density at radius 1 is 1.03 bits per heavy atom. The van der Waals surface area contributed by atoms with Gasteiger partial charge in [0.25, 0.3) is 0 Å². The molecule has 0 bridgehead atoms. The average Bonchev–Trinajstić information content (AvgIpc) is 3.54. The van der Waals surface area contributed by atoms with Crippen LogP contribution in [-0.2, 0) is 24.0 Å². The summed E-state index contributed by atoms with van der Waals surface area (Å²) in [4.78, 5) is 16.6. The number of carboxylic acid groups (broad SMARTS) is 1. The number of rotatable bonds is 10. The van der Waals surface area contributed by atoms with Gasteiger partial charge in [0.1, 0.15) is 23.4 Å². The van der Waals surface area contributed by atoms with Crippen molar-refractivity contribution in [2.45, 2.75) is 44.5 Å². The van der Waals surface area contributed by atoms with Crippen molar-refractivity contribution in [3.63, 3.8) is 0 Å². The number of ether oxygens (including phenoxy) is 4. The third-order valence-electron chi connectivity index (χ3n) is 7.20. The molecule has 4 aromatic rings. The molecule has 2 unspecified atom stereocenters. The molecule has 39 heavy (non-hydrogen) atoms. The molecule has 5 rings (SSSR count). The van der Waals surface area contributed by atoms with Crippen molar-refractivity contribution in [1.29, 1.82) is 0 Å². The third kappa shape index (κ3) is 5.43. The zero-order valence-electron chi connectivity index (χ0n) is 22.3. The van der Waals surface area contributed by atoms with Gasteiger partial charge in [-0.15, -0.1) is 11.3 Å². The largest absolute Gasteiger partial charge is 0.497 e. The number of thiazole rings is 1. The molecule has 2 N–H and O–H groups in total. The molecule has 1 heterocycles. The molecule has 0 fully saturated rings. The van der Waals surface area contributed by atoms with Gasteiger partial charge in [0.15, 0.2) is 0 Å². The van der Waals surface area contributed by atoms with Crippen molar-refractivity contribution in [2.75, 3.05) is 21.3 Å². The molecular formula is C30H31NO7S. The quantitative estimate of drug-likeness (QED) is 0.279. The first-order chi connectivity index (χ1) is 18.8. The molecule has 1 aliphatic carbocycles. The lowest BCUT2D eigenvalue weighted by molar-refractivity contribution is -0.0743. The molecule has 0 saturated heterocycles. The summed E-state index contributed by atoms with van der Waals surface area (Å²) in [5.74, 6) is 0.582. The number of benzene rings is 3. The lowest BCUT2D eigenvalue weighted by atomic mass is 9.99. The van der Waals surface area contributed by atoms with Gasteiger partial charge in [0.05, 0.1) is 54.3 Å². The average molecular weight is 550 g/mol. The van der Waals surface area contributed by atoms with Crippen LogP contribution in [0.15, 0.2) is 48.5 Å². The lowest BCUT2D eigenvalue weighted by Crippen LogP contribution is -2.30. The van der Waals surface area contributed by atoms with Crippen molar-refractivity contribution in [3.8, 4) is 17.2 Å². The number of nitrogens with zero attached hydrogens (tertiary/aromatic N) is 1. The zero-order chi connectivity index (χ0) is 27.7. The molecule has 3 aromatic carbocycles. The second-order valence-electron chi connectivity index (χ2n) is 9.61. The maximum absolute atomic E-state index is 11.9. The lowest BCUT2D eigenvalue weighted by Gasteiger charge is -2.27. The summed E-state index contributed by atoms with van der Waals surface area (Å²) in [6.45, 7) is 1.90. The van der Waals surface area contributed by atoms with Crippen LogP contribution in [0.2, 0.25) is 0 Å². The maximum atomic E-state index is 11.9. The summed E-state index contributed by atoms with van der Waals surface area (Å²) < 4.78 is 23.7. The van der Waals surface area contributed by atoms with E-state index < -0.39 is 18.2 Å². The van der Waals surface area contributed by atoms with Crippen LogP contribution in [0, 0.1) is 6.92 Å². The second-order valence-corrected chi connectivity index (χ2v) is 10.7. The van der Waals surface area contributed by atoms with Gasteiger partial charge in [-0.05, 0) is 60.7 Å². The normalized spacial score (nSPS) is 14.7. The monoisotopic (exact) mass is 549 g/mol. The highest BCUT2D eigenvalue weighted by molar-refractivity contribution is 7.18. The van der Waals surface area contributed by atoms with Crippen LogP contribution < -0.4 is 14.2 Å². The molecule has 0 amide bonds. The van der Waals surface area contributed by atoms with Crippen molar-refractivity contribution >= 4 is 27.5 Å². The van der Waals surface area contributed by atoms with Gasteiger partial charge in [0.2, 0.25) is 0 Å². The molecule has 204 valence electrons. The Labute approximate surface area is 230 Å². The highest BCUT2D eigenvalue weighted by Crippen LogP contribution is 2.37. The number of hydrogen-bond donors (Lipinski definition) is 2. The number of aromatic nitrogens is 1. The molecule has 0 radical (unpaired) electrons. The first kappa shape index (κ1) is 26.9. The molecule has 0 aliphatic heterocycles. The van der Waals surface area contributed by atoms with Gasteiger partial charge in [-0.25, -0.2) is 9.78 Å². The first-order valence-corrected chi connectivity index (χ1v) is 13.5. The van der Waals surface area contributed by atoms with E-state index in [-0.39, 0.29) is 18.1 Å². The Kier molecular flexibility index (Phi) is 7.74. The highest BCUT2D eigenvalue weighted by Gasteiger charge is 2.31. The summed E-state index contributed by atoms with van der Waals surface area (Å²) in [5.41, 5.74) is 4.39. The number of aliphatic hydroxyl groups excluding tert-OH is 1. The number of fused-ring (bicyclic) bond motifs is 2. The predicted molar refractivity (Wildman–Crippen MR) is 149 cm³/mol. The third-order valence-corrected chi connectivity index (χ3v) is 8.23. The number of carboxylic acids is 1. The van der Waals surface area contributed by atoms with E-state index >= 15 is 0 Å². The van der Waals surface area contributed by atoms with Crippen LogP contribution in [0.25, 0.3) is 10.2 Å². The van der Waals surface area contributed by atoms with Gasteiger partial charge in [-0.2, -0.15) is 0 Å². The van der Waals surface area contributed by atoms with E-state index in [4.69, 9.17) is 18.9 Å². The zero-order valence-corrected chi connectivity index (χ0v) is 23.1. The van der Waals surface area contributed by atoms with Crippen LogP contribution in [-0.4, -0.2) is 54.7 Å². The highest BCUT2D eigenvalue weighted by atomic mass is 32.1. The molecule has 0 spiro atoms. The molecule has 0 saturated carbocycles. The van der Waals surface area contributed by atoms with Crippen LogP contribution in [0.5, 0.6) is 17.2 Å². The topological polar surface area (TPSA) is 107 Å². The van der Waals surface area contributed by atoms with E-state index in [9.17, 15) is 15.0 Å². The van der Waals surface area contributed by atoms with Crippen molar-refractivity contribution < 1.29 is 34.0 Å². The predicted octanol–water partition coefficient (Wildman–Crippen LogP) is 5.16. The standard InChI is InChI=1S/C30H31NO7S/c1-16-23(36-3)11-19(12-24(16)37-4)29(32)25(38-21-9-17-7-5-6-8-18(17)10-21)15-27-31-28-22(30(33)34)13-20(35-2)14-26(28)39-27/h5-8,11-14,21,25,29,32H,9-10,15H2,1-4H3,(H,33,34). The fourth-order valence-electron chi connectivity index (χ4n) is 5.18. The number of aliphatic hydroxyl groups is 1. The fraction of sp³-hybridized carbons (Fsp3) is 0.333. The first-order valence-electron chi connectivity index (χ1n) is 12.6. The van der Waals surface area contributed by atoms with Crippen LogP contribution in [0.4, 0.5) is 0 Å². The van der Waals surface area contributed by atoms with E-state index in [0.29, 0.717) is 38.0 Å². The summed E-state index contributed by atoms with van der Waals surface area (Å²) in [6, 6.07) is 15.1. The molecule has 2 atom stereocenters. The van der Waals surface area contributed by atoms with Crippen molar-refractivity contribution in [3.05, 3.63) is 81.4 Å². The molecule has 9 heteroatoms. The molecule has 1 aliphatic rings. The number of aromatic carboxylic acids is 1. The van der Waals surface area contributed by atoms with Crippen LogP contribution in [0.3, 0.4) is 0 Å². The van der Waals surface area contributed by atoms with Gasteiger partial charge in [-0.1, -0.05) is 24.3 Å². The van der Waals surface area contributed by atoms with Crippen molar-refractivity contribution in [2.24, 2.45) is 0 Å². The summed E-state index contributed by atoms with van der Waals surface area (Å²) in [6.07, 6.45) is 0.00293. The Morgan fingerprint density at radius 2 is 1.67 bits per heavy atom. The second kappa shape index (κ2) is 11.2. The van der Waals surface area contributed by atoms with E-state index in [1.165, 1.54) is 35.6 Å². The van der Waals surface area contributed by atoms with Gasteiger partial charge >= 0.3 is 5.97 Å². The molecular weight excluding hydrogens is 518 g/mol. The van der Waals surface area contributed by atoms with Gasteiger partial charge in [-0.3, -0.25) is 0 Å². The van der Waals surface area contributed by atoms with E-state index in [2.05, 4.69) is 17.1 Å². The summed E-state index contributed by atoms with van der Waals surface area (Å²) in [7, 11) is 4.66. The summed E-state index contributed by atoms with van der Waals surface area (Å²) >= 11 is 1.37. The van der Waals surface area contributed by atoms with E-state index in [1.54, 1.807) is 32.4 Å². The SMILES string of the molecule is COc1cc(C(=O)O)c2nc(CC(OC3Cc4ccccc4C3)C(O)c3cc(OC)c(C)c(OC)c3)sc2c1. The van der Waals surface area contributed by atoms with Crippen LogP contribution in [0.1, 0.15) is 43.7 Å². The Balaban J connectivity index is 1.50. The number of methoxy groups -OCH3 is 3. The molecule has 8 nitrogen and oxygen atoms in total. The van der Waals surface area contributed by atoms with Gasteiger partial charge in [0, 0.05) is 12.0 Å². The van der Waals surface area contributed by atoms with Gasteiger partial charge < -0.3 is 29.2 Å². The van der Waals surface area contributed by atoms with Crippen LogP contribution >= 0.6 is 11.3 Å². The Bertz CT molecular complexity index is 1460. The maximum Gasteiger partial charge on any atom is 0.338 e. The smallest absolute Gasteiger partial charge is 0.338 e. The van der Waals surface area contributed by atoms with E-state index in [0.717, 1.165) is 18.4 Å². The Morgan fingerprint density at radius 3 is 2.23 bits per heavy atom. The van der Waals surface area contributed by atoms with E-state index in [1.807, 2.05) is 19.1 Å². The Hall–Kier alpha value is -3.66. The number of carbonyl (C=O) groups is 1. The minimum atomic E-state index is -1.08. The summed E-state index contributed by atoms with van der Waals surface area (Å²) in [5, 5.41) is 22.1. The minimum Gasteiger partial charge on any atom is -0.497 e.